The molecule has 5 nitrogen and oxygen atoms in total. The van der Waals surface area contributed by atoms with Gasteiger partial charge in [-0.3, -0.25) is 0 Å². The van der Waals surface area contributed by atoms with Crippen molar-refractivity contribution in [3.63, 3.8) is 0 Å². The quantitative estimate of drug-likeness (QED) is 0.282. The van der Waals surface area contributed by atoms with Crippen molar-refractivity contribution >= 4 is 5.97 Å². The zero-order valence-corrected chi connectivity index (χ0v) is 11.1. The number of carbonyl (C=O) groups excluding carboxylic acids is 1. The standard InChI is InChI=1S/C12H22O5/c1-10(6-15-8-14-5)11(13)17-9-16-7-12(2,3)4/h1,6-9H2,2-5H3. The topological polar surface area (TPSA) is 54.0 Å². The molecular formula is C12H22O5. The van der Waals surface area contributed by atoms with E-state index < -0.39 is 5.97 Å². The largest absolute Gasteiger partial charge is 0.435 e. The Labute approximate surface area is 103 Å². The number of esters is 1. The molecule has 0 aromatic rings. The monoisotopic (exact) mass is 246 g/mol. The van der Waals surface area contributed by atoms with Crippen molar-refractivity contribution in [1.82, 2.24) is 0 Å². The molecule has 0 heterocycles. The Morgan fingerprint density at radius 3 is 2.35 bits per heavy atom. The van der Waals surface area contributed by atoms with Gasteiger partial charge in [0.2, 0.25) is 0 Å². The van der Waals surface area contributed by atoms with E-state index in [-0.39, 0.29) is 31.2 Å². The molecule has 0 rings (SSSR count). The van der Waals surface area contributed by atoms with Crippen LogP contribution in [0, 0.1) is 5.41 Å². The lowest BCUT2D eigenvalue weighted by Gasteiger charge is -2.17. The summed E-state index contributed by atoms with van der Waals surface area (Å²) in [5, 5.41) is 0. The fraction of sp³-hybridized carbons (Fsp3) is 0.750. The minimum absolute atomic E-state index is 0.0466. The zero-order valence-electron chi connectivity index (χ0n) is 11.1. The van der Waals surface area contributed by atoms with Gasteiger partial charge < -0.3 is 18.9 Å². The first-order chi connectivity index (χ1) is 7.87. The third kappa shape index (κ3) is 9.99. The van der Waals surface area contributed by atoms with Gasteiger partial charge in [0, 0.05) is 7.11 Å². The molecule has 0 aromatic heterocycles. The Morgan fingerprint density at radius 1 is 1.18 bits per heavy atom. The Bertz CT molecular complexity index is 242. The van der Waals surface area contributed by atoms with Crippen molar-refractivity contribution in [1.29, 1.82) is 0 Å². The van der Waals surface area contributed by atoms with E-state index in [0.29, 0.717) is 6.61 Å². The van der Waals surface area contributed by atoms with Crippen LogP contribution < -0.4 is 0 Å². The van der Waals surface area contributed by atoms with Crippen LogP contribution in [0.1, 0.15) is 20.8 Å². The van der Waals surface area contributed by atoms with Gasteiger partial charge in [-0.25, -0.2) is 4.79 Å². The van der Waals surface area contributed by atoms with Crippen molar-refractivity contribution in [3.05, 3.63) is 12.2 Å². The number of hydrogen-bond acceptors (Lipinski definition) is 5. The molecule has 17 heavy (non-hydrogen) atoms. The molecule has 0 fully saturated rings. The molecule has 0 amide bonds. The van der Waals surface area contributed by atoms with Gasteiger partial charge in [0.05, 0.1) is 18.8 Å². The average Bonchev–Trinajstić information content (AvgIpc) is 2.23. The maximum atomic E-state index is 11.3. The summed E-state index contributed by atoms with van der Waals surface area (Å²) < 4.78 is 19.7. The van der Waals surface area contributed by atoms with Gasteiger partial charge in [-0.05, 0) is 5.41 Å². The number of rotatable bonds is 8. The van der Waals surface area contributed by atoms with E-state index in [4.69, 9.17) is 14.2 Å². The van der Waals surface area contributed by atoms with Crippen LogP contribution in [0.25, 0.3) is 0 Å². The summed E-state index contributed by atoms with van der Waals surface area (Å²) in [4.78, 5) is 11.3. The highest BCUT2D eigenvalue weighted by atomic mass is 16.7. The lowest BCUT2D eigenvalue weighted by molar-refractivity contribution is -0.154. The van der Waals surface area contributed by atoms with E-state index in [1.165, 1.54) is 7.11 Å². The molecule has 0 saturated heterocycles. The number of hydrogen-bond donors (Lipinski definition) is 0. The van der Waals surface area contributed by atoms with Crippen LogP contribution in [0.5, 0.6) is 0 Å². The fourth-order valence-corrected chi connectivity index (χ4v) is 0.852. The third-order valence-electron chi connectivity index (χ3n) is 1.57. The van der Waals surface area contributed by atoms with E-state index in [1.54, 1.807) is 0 Å². The van der Waals surface area contributed by atoms with E-state index >= 15 is 0 Å². The van der Waals surface area contributed by atoms with Crippen molar-refractivity contribution in [2.24, 2.45) is 5.41 Å². The SMILES string of the molecule is C=C(COCOC)C(=O)OCOCC(C)(C)C. The van der Waals surface area contributed by atoms with Gasteiger partial charge in [-0.2, -0.15) is 0 Å². The molecular weight excluding hydrogens is 224 g/mol. The predicted octanol–water partition coefficient (Wildman–Crippen LogP) is 1.73. The molecule has 0 aromatic carbocycles. The van der Waals surface area contributed by atoms with Crippen LogP contribution in [-0.4, -0.2) is 39.9 Å². The number of ether oxygens (including phenoxy) is 4. The molecule has 0 saturated carbocycles. The van der Waals surface area contributed by atoms with Crippen LogP contribution in [0.15, 0.2) is 12.2 Å². The van der Waals surface area contributed by atoms with Gasteiger partial charge in [-0.15, -0.1) is 0 Å². The van der Waals surface area contributed by atoms with Crippen molar-refractivity contribution in [2.75, 3.05) is 33.9 Å². The van der Waals surface area contributed by atoms with Crippen LogP contribution in [0.2, 0.25) is 0 Å². The first-order valence-corrected chi connectivity index (χ1v) is 5.36. The highest BCUT2D eigenvalue weighted by molar-refractivity contribution is 5.87. The lowest BCUT2D eigenvalue weighted by Crippen LogP contribution is -2.19. The second-order valence-electron chi connectivity index (χ2n) is 4.82. The van der Waals surface area contributed by atoms with E-state index in [9.17, 15) is 4.79 Å². The molecule has 0 bridgehead atoms. The highest BCUT2D eigenvalue weighted by Crippen LogP contribution is 2.12. The summed E-state index contributed by atoms with van der Waals surface area (Å²) in [6, 6.07) is 0. The molecule has 0 N–H and O–H groups in total. The van der Waals surface area contributed by atoms with Gasteiger partial charge >= 0.3 is 5.97 Å². The van der Waals surface area contributed by atoms with Gasteiger partial charge in [-0.1, -0.05) is 27.4 Å². The molecule has 0 aliphatic carbocycles. The Hall–Kier alpha value is -0.910. The molecule has 0 aliphatic heterocycles. The Balaban J connectivity index is 3.61. The van der Waals surface area contributed by atoms with Crippen molar-refractivity contribution in [2.45, 2.75) is 20.8 Å². The van der Waals surface area contributed by atoms with Crippen LogP contribution >= 0.6 is 0 Å². The minimum Gasteiger partial charge on any atom is -0.435 e. The summed E-state index contributed by atoms with van der Waals surface area (Å²) in [7, 11) is 1.50. The summed E-state index contributed by atoms with van der Waals surface area (Å²) in [6.45, 7) is 10.3. The van der Waals surface area contributed by atoms with E-state index in [0.717, 1.165) is 0 Å². The number of carbonyl (C=O) groups is 1. The summed E-state index contributed by atoms with van der Waals surface area (Å²) >= 11 is 0. The van der Waals surface area contributed by atoms with Gasteiger partial charge in [0.15, 0.2) is 6.79 Å². The van der Waals surface area contributed by atoms with Crippen molar-refractivity contribution in [3.8, 4) is 0 Å². The molecule has 0 atom stereocenters. The smallest absolute Gasteiger partial charge is 0.337 e. The second kappa shape index (κ2) is 8.22. The first-order valence-electron chi connectivity index (χ1n) is 5.36. The van der Waals surface area contributed by atoms with Crippen molar-refractivity contribution < 1.29 is 23.7 Å². The molecule has 0 radical (unpaired) electrons. The van der Waals surface area contributed by atoms with Gasteiger partial charge in [0.1, 0.15) is 6.79 Å². The lowest BCUT2D eigenvalue weighted by atomic mass is 9.99. The summed E-state index contributed by atoms with van der Waals surface area (Å²) in [5.41, 5.74) is 0.284. The minimum atomic E-state index is -0.519. The fourth-order valence-electron chi connectivity index (χ4n) is 0.852. The molecule has 0 aliphatic rings. The molecule has 0 spiro atoms. The molecule has 0 unspecified atom stereocenters. The predicted molar refractivity (Wildman–Crippen MR) is 63.3 cm³/mol. The van der Waals surface area contributed by atoms with Crippen LogP contribution in [0.3, 0.4) is 0 Å². The summed E-state index contributed by atoms with van der Waals surface area (Å²) in [6.07, 6.45) is 0. The third-order valence-corrected chi connectivity index (χ3v) is 1.57. The van der Waals surface area contributed by atoms with E-state index in [2.05, 4.69) is 11.3 Å². The number of methoxy groups -OCH3 is 1. The van der Waals surface area contributed by atoms with Gasteiger partial charge in [0.25, 0.3) is 0 Å². The molecule has 5 heteroatoms. The van der Waals surface area contributed by atoms with Crippen LogP contribution in [-0.2, 0) is 23.7 Å². The normalized spacial score (nSPS) is 11.3. The Kier molecular flexibility index (Phi) is 7.78. The van der Waals surface area contributed by atoms with Crippen LogP contribution in [0.4, 0.5) is 0 Å². The zero-order chi connectivity index (χ0) is 13.3. The molecule has 100 valence electrons. The van der Waals surface area contributed by atoms with E-state index in [1.807, 2.05) is 20.8 Å². The highest BCUT2D eigenvalue weighted by Gasteiger charge is 2.12. The summed E-state index contributed by atoms with van der Waals surface area (Å²) in [5.74, 6) is -0.519. The second-order valence-corrected chi connectivity index (χ2v) is 4.82. The average molecular weight is 246 g/mol. The first kappa shape index (κ1) is 16.1. The Morgan fingerprint density at radius 2 is 1.82 bits per heavy atom. The maximum Gasteiger partial charge on any atom is 0.337 e. The maximum absolute atomic E-state index is 11.3.